The molecule has 0 bridgehead atoms. The van der Waals surface area contributed by atoms with Crippen LogP contribution in [0.5, 0.6) is 0 Å². The maximum atomic E-state index is 14.0. The molecule has 1 amide bonds. The summed E-state index contributed by atoms with van der Waals surface area (Å²) < 4.78 is 14.0. The fourth-order valence-corrected chi connectivity index (χ4v) is 1.91. The first-order chi connectivity index (χ1) is 10.2. The number of carbonyl (C=O) groups excluding carboxylic acids is 1. The van der Waals surface area contributed by atoms with E-state index >= 15 is 0 Å². The Balaban J connectivity index is 5.88. The third kappa shape index (κ3) is 4.99. The molecule has 2 nitrogen and oxygen atoms in total. The smallest absolute Gasteiger partial charge is 0.258 e. The van der Waals surface area contributed by atoms with Crippen molar-refractivity contribution < 1.29 is 9.18 Å². The molecule has 22 heavy (non-hydrogen) atoms. The third-order valence-corrected chi connectivity index (χ3v) is 3.26. The molecule has 0 unspecified atom stereocenters. The Morgan fingerprint density at radius 2 is 1.59 bits per heavy atom. The average molecular weight is 303 g/mol. The fraction of sp³-hybridized carbons (Fsp3) is 0.316. The van der Waals surface area contributed by atoms with Crippen molar-refractivity contribution in [2.45, 2.75) is 34.6 Å². The molecule has 0 aliphatic carbocycles. The number of carbonyl (C=O) groups is 1. The van der Waals surface area contributed by atoms with Gasteiger partial charge in [0.15, 0.2) is 0 Å². The van der Waals surface area contributed by atoms with Crippen molar-refractivity contribution in [3.05, 3.63) is 71.3 Å². The van der Waals surface area contributed by atoms with Crippen molar-refractivity contribution in [3.63, 3.8) is 0 Å². The van der Waals surface area contributed by atoms with Crippen LogP contribution in [0.2, 0.25) is 0 Å². The topological polar surface area (TPSA) is 20.3 Å². The van der Waals surface area contributed by atoms with Gasteiger partial charge in [-0.1, -0.05) is 42.5 Å². The summed E-state index contributed by atoms with van der Waals surface area (Å²) in [6.07, 6.45) is 5.92. The van der Waals surface area contributed by atoms with Crippen LogP contribution in [-0.4, -0.2) is 17.9 Å². The highest BCUT2D eigenvalue weighted by Gasteiger charge is 2.21. The molecule has 0 aromatic rings. The molecular weight excluding hydrogens is 277 g/mol. The van der Waals surface area contributed by atoms with Gasteiger partial charge in [-0.3, -0.25) is 4.79 Å². The molecule has 0 atom stereocenters. The molecule has 0 heterocycles. The molecule has 0 N–H and O–H groups in total. The van der Waals surface area contributed by atoms with Gasteiger partial charge in [-0.15, -0.1) is 0 Å². The standard InChI is InChI=1S/C19H26FNO/c1-9-11-12-17(20)15(7)21(8)19(22)18(14(5)6)16(10-2)13(3)4/h9-12H,1-2H2,3-8H3/b12-11-,17-15-. The lowest BCUT2D eigenvalue weighted by Crippen LogP contribution is -2.28. The van der Waals surface area contributed by atoms with E-state index in [4.69, 9.17) is 0 Å². The molecule has 0 rings (SSSR count). The van der Waals surface area contributed by atoms with Gasteiger partial charge < -0.3 is 4.90 Å². The summed E-state index contributed by atoms with van der Waals surface area (Å²) in [5, 5.41) is 0. The van der Waals surface area contributed by atoms with Crippen molar-refractivity contribution in [1.82, 2.24) is 4.90 Å². The Morgan fingerprint density at radius 3 is 1.95 bits per heavy atom. The molecule has 120 valence electrons. The normalized spacial score (nSPS) is 11.6. The van der Waals surface area contributed by atoms with E-state index in [0.717, 1.165) is 16.7 Å². The molecule has 0 saturated carbocycles. The minimum atomic E-state index is -0.471. The summed E-state index contributed by atoms with van der Waals surface area (Å²) >= 11 is 0. The zero-order valence-electron chi connectivity index (χ0n) is 14.5. The van der Waals surface area contributed by atoms with Gasteiger partial charge in [-0.05, 0) is 46.3 Å². The first-order valence-electron chi connectivity index (χ1n) is 7.10. The van der Waals surface area contributed by atoms with Crippen LogP contribution in [0, 0.1) is 0 Å². The highest BCUT2D eigenvalue weighted by atomic mass is 19.1. The molecule has 0 aromatic heterocycles. The molecular formula is C19H26FNO. The van der Waals surface area contributed by atoms with Gasteiger partial charge in [0, 0.05) is 12.6 Å². The number of nitrogens with zero attached hydrogens (tertiary/aromatic N) is 1. The summed E-state index contributed by atoms with van der Waals surface area (Å²) in [6, 6.07) is 0. The predicted octanol–water partition coefficient (Wildman–Crippen LogP) is 5.25. The van der Waals surface area contributed by atoms with Crippen molar-refractivity contribution >= 4 is 5.91 Å². The Labute approximate surface area is 133 Å². The van der Waals surface area contributed by atoms with Crippen molar-refractivity contribution in [1.29, 1.82) is 0 Å². The monoisotopic (exact) mass is 303 g/mol. The summed E-state index contributed by atoms with van der Waals surface area (Å²) in [5.41, 5.74) is 3.44. The Morgan fingerprint density at radius 1 is 1.05 bits per heavy atom. The maximum Gasteiger partial charge on any atom is 0.258 e. The number of likely N-dealkylation sites (N-methyl/N-ethyl adjacent to an activating group) is 1. The number of allylic oxidation sites excluding steroid dienone is 8. The second kappa shape index (κ2) is 8.98. The van der Waals surface area contributed by atoms with Gasteiger partial charge in [0.1, 0.15) is 5.83 Å². The SMILES string of the molecule is C=C/C=C\C(F)=C(/C)N(C)C(=O)C(=C(C)C)C(C=C)=C(C)C. The van der Waals surface area contributed by atoms with Gasteiger partial charge in [-0.2, -0.15) is 0 Å². The predicted molar refractivity (Wildman–Crippen MR) is 92.9 cm³/mol. The second-order valence-corrected chi connectivity index (χ2v) is 5.39. The van der Waals surface area contributed by atoms with E-state index in [2.05, 4.69) is 13.2 Å². The van der Waals surface area contributed by atoms with Crippen molar-refractivity contribution in [2.75, 3.05) is 7.05 Å². The van der Waals surface area contributed by atoms with E-state index in [1.54, 1.807) is 20.0 Å². The van der Waals surface area contributed by atoms with Crippen LogP contribution >= 0.6 is 0 Å². The molecule has 0 aromatic carbocycles. The van der Waals surface area contributed by atoms with E-state index in [1.807, 2.05) is 27.7 Å². The fourth-order valence-electron chi connectivity index (χ4n) is 1.91. The summed E-state index contributed by atoms with van der Waals surface area (Å²) in [7, 11) is 1.56. The van der Waals surface area contributed by atoms with Crippen LogP contribution in [0.3, 0.4) is 0 Å². The molecule has 0 saturated heterocycles. The lowest BCUT2D eigenvalue weighted by molar-refractivity contribution is -0.124. The van der Waals surface area contributed by atoms with Gasteiger partial charge in [0.25, 0.3) is 5.91 Å². The molecule has 3 heteroatoms. The van der Waals surface area contributed by atoms with E-state index in [1.165, 1.54) is 23.1 Å². The Hall–Kier alpha value is -2.16. The number of amides is 1. The molecule has 0 fully saturated rings. The third-order valence-electron chi connectivity index (χ3n) is 3.26. The molecule has 0 radical (unpaired) electrons. The van der Waals surface area contributed by atoms with E-state index in [-0.39, 0.29) is 11.6 Å². The van der Waals surface area contributed by atoms with Gasteiger partial charge in [0.2, 0.25) is 0 Å². The number of hydrogen-bond donors (Lipinski definition) is 0. The van der Waals surface area contributed by atoms with Gasteiger partial charge in [0.05, 0.1) is 5.70 Å². The molecule has 0 aliphatic heterocycles. The highest BCUT2D eigenvalue weighted by molar-refractivity contribution is 6.00. The van der Waals surface area contributed by atoms with Crippen LogP contribution in [-0.2, 0) is 4.79 Å². The Bertz CT molecular complexity index is 581. The van der Waals surface area contributed by atoms with Crippen LogP contribution in [0.4, 0.5) is 4.39 Å². The van der Waals surface area contributed by atoms with E-state index < -0.39 is 5.83 Å². The lowest BCUT2D eigenvalue weighted by Gasteiger charge is -2.22. The molecule has 0 aliphatic rings. The zero-order chi connectivity index (χ0) is 17.4. The Kier molecular flexibility index (Phi) is 8.10. The largest absolute Gasteiger partial charge is 0.313 e. The van der Waals surface area contributed by atoms with Crippen LogP contribution in [0.25, 0.3) is 0 Å². The minimum absolute atomic E-state index is 0.249. The zero-order valence-corrected chi connectivity index (χ0v) is 14.5. The molecule has 0 spiro atoms. The second-order valence-electron chi connectivity index (χ2n) is 5.39. The van der Waals surface area contributed by atoms with Crippen LogP contribution in [0.1, 0.15) is 34.6 Å². The highest BCUT2D eigenvalue weighted by Crippen LogP contribution is 2.24. The quantitative estimate of drug-likeness (QED) is 0.485. The van der Waals surface area contributed by atoms with Gasteiger partial charge >= 0.3 is 0 Å². The first-order valence-corrected chi connectivity index (χ1v) is 7.10. The van der Waals surface area contributed by atoms with E-state index in [0.29, 0.717) is 5.57 Å². The van der Waals surface area contributed by atoms with Crippen molar-refractivity contribution in [3.8, 4) is 0 Å². The number of hydrogen-bond acceptors (Lipinski definition) is 1. The van der Waals surface area contributed by atoms with Crippen LogP contribution < -0.4 is 0 Å². The number of halogens is 1. The maximum absolute atomic E-state index is 14.0. The summed E-state index contributed by atoms with van der Waals surface area (Å²) in [4.78, 5) is 14.1. The van der Waals surface area contributed by atoms with Crippen LogP contribution in [0.15, 0.2) is 71.3 Å². The van der Waals surface area contributed by atoms with E-state index in [9.17, 15) is 9.18 Å². The number of rotatable bonds is 6. The average Bonchev–Trinajstić information content (AvgIpc) is 2.46. The summed E-state index contributed by atoms with van der Waals surface area (Å²) in [5.74, 6) is -0.725. The van der Waals surface area contributed by atoms with Gasteiger partial charge in [-0.25, -0.2) is 4.39 Å². The summed E-state index contributed by atoms with van der Waals surface area (Å²) in [6.45, 7) is 16.4. The first kappa shape index (κ1) is 19.8. The van der Waals surface area contributed by atoms with Crippen molar-refractivity contribution in [2.24, 2.45) is 0 Å². The minimum Gasteiger partial charge on any atom is -0.313 e. The lowest BCUT2D eigenvalue weighted by atomic mass is 9.96.